The molecule has 0 aliphatic carbocycles. The summed E-state index contributed by atoms with van der Waals surface area (Å²) in [5.74, 6) is -1.86. The smallest absolute Gasteiger partial charge is 0.342 e. The number of phenols is 1. The topological polar surface area (TPSA) is 65.0 Å². The molecule has 0 saturated carbocycles. The third-order valence-electron chi connectivity index (χ3n) is 2.65. The molecular weight excluding hydrogens is 260 g/mol. The molecule has 1 aromatic rings. The summed E-state index contributed by atoms with van der Waals surface area (Å²) in [5.41, 5.74) is 0.327. The number of carbonyl (C=O) groups excluding carboxylic acids is 1. The zero-order valence-electron chi connectivity index (χ0n) is 12.2. The van der Waals surface area contributed by atoms with Gasteiger partial charge in [0.2, 0.25) is 0 Å². The van der Waals surface area contributed by atoms with Crippen LogP contribution in [-0.2, 0) is 14.2 Å². The second kappa shape index (κ2) is 7.87. The molecule has 0 heterocycles. The first-order valence-corrected chi connectivity index (χ1v) is 6.81. The largest absolute Gasteiger partial charge is 0.508 e. The molecule has 1 aromatic carbocycles. The van der Waals surface area contributed by atoms with E-state index in [4.69, 9.17) is 14.2 Å². The Morgan fingerprint density at radius 1 is 1.20 bits per heavy atom. The molecule has 1 rings (SSSR count). The zero-order valence-corrected chi connectivity index (χ0v) is 12.2. The molecule has 5 heteroatoms. The minimum absolute atomic E-state index is 0.0910. The van der Waals surface area contributed by atoms with E-state index in [0.29, 0.717) is 18.8 Å². The molecule has 20 heavy (non-hydrogen) atoms. The van der Waals surface area contributed by atoms with Crippen molar-refractivity contribution >= 4 is 5.97 Å². The first-order valence-electron chi connectivity index (χ1n) is 6.81. The first kappa shape index (κ1) is 16.5. The van der Waals surface area contributed by atoms with Gasteiger partial charge < -0.3 is 19.3 Å². The van der Waals surface area contributed by atoms with Gasteiger partial charge in [-0.2, -0.15) is 0 Å². The minimum atomic E-state index is -1.39. The number of aromatic hydroxyl groups is 1. The lowest BCUT2D eigenvalue weighted by Crippen LogP contribution is -2.38. The van der Waals surface area contributed by atoms with Crippen molar-refractivity contribution in [2.75, 3.05) is 13.2 Å². The molecule has 0 saturated heterocycles. The molecule has 0 amide bonds. The highest BCUT2D eigenvalue weighted by molar-refractivity contribution is 5.89. The predicted octanol–water partition coefficient (Wildman–Crippen LogP) is 3.08. The Morgan fingerprint density at radius 3 is 2.40 bits per heavy atom. The Hall–Kier alpha value is -1.59. The molecule has 0 aromatic heterocycles. The van der Waals surface area contributed by atoms with Crippen LogP contribution >= 0.6 is 0 Å². The predicted molar refractivity (Wildman–Crippen MR) is 74.4 cm³/mol. The van der Waals surface area contributed by atoms with Crippen molar-refractivity contribution in [3.63, 3.8) is 0 Å². The Bertz CT molecular complexity index is 415. The molecule has 112 valence electrons. The second-order valence-electron chi connectivity index (χ2n) is 4.43. The van der Waals surface area contributed by atoms with Gasteiger partial charge >= 0.3 is 11.9 Å². The van der Waals surface area contributed by atoms with Crippen LogP contribution in [0.4, 0.5) is 0 Å². The standard InChI is InChI=1S/C15H22O5/c1-4-6-11-19-15(3,18-5-2)20-14(17)12-7-9-13(16)10-8-12/h7-10,16H,4-6,11H2,1-3H3. The van der Waals surface area contributed by atoms with Gasteiger partial charge in [-0.1, -0.05) is 13.3 Å². The van der Waals surface area contributed by atoms with Crippen LogP contribution < -0.4 is 0 Å². The summed E-state index contributed by atoms with van der Waals surface area (Å²) in [4.78, 5) is 12.0. The van der Waals surface area contributed by atoms with Gasteiger partial charge in [-0.3, -0.25) is 0 Å². The Labute approximate surface area is 119 Å². The summed E-state index contributed by atoms with van der Waals surface area (Å²) in [6.07, 6.45) is 1.84. The van der Waals surface area contributed by atoms with Crippen LogP contribution in [0.2, 0.25) is 0 Å². The van der Waals surface area contributed by atoms with Crippen molar-refractivity contribution < 1.29 is 24.1 Å². The Kier molecular flexibility index (Phi) is 6.48. The van der Waals surface area contributed by atoms with Gasteiger partial charge in [-0.05, 0) is 37.6 Å². The normalized spacial score (nSPS) is 13.8. The molecule has 0 radical (unpaired) electrons. The molecule has 0 bridgehead atoms. The molecule has 0 fully saturated rings. The van der Waals surface area contributed by atoms with Crippen LogP contribution in [0.25, 0.3) is 0 Å². The van der Waals surface area contributed by atoms with Gasteiger partial charge in [0, 0.05) is 6.92 Å². The van der Waals surface area contributed by atoms with Crippen molar-refractivity contribution in [3.05, 3.63) is 29.8 Å². The van der Waals surface area contributed by atoms with E-state index < -0.39 is 11.9 Å². The quantitative estimate of drug-likeness (QED) is 0.451. The lowest BCUT2D eigenvalue weighted by atomic mass is 10.2. The number of rotatable bonds is 8. The average Bonchev–Trinajstić information content (AvgIpc) is 2.39. The average molecular weight is 282 g/mol. The van der Waals surface area contributed by atoms with Crippen molar-refractivity contribution in [2.24, 2.45) is 0 Å². The Balaban J connectivity index is 2.68. The highest BCUT2D eigenvalue weighted by atomic mass is 16.9. The minimum Gasteiger partial charge on any atom is -0.508 e. The summed E-state index contributed by atoms with van der Waals surface area (Å²) in [6.45, 7) is 6.24. The van der Waals surface area contributed by atoms with E-state index in [9.17, 15) is 9.90 Å². The van der Waals surface area contributed by atoms with Crippen LogP contribution in [-0.4, -0.2) is 30.3 Å². The van der Waals surface area contributed by atoms with Gasteiger partial charge in [-0.15, -0.1) is 0 Å². The third-order valence-corrected chi connectivity index (χ3v) is 2.65. The molecule has 1 unspecified atom stereocenters. The van der Waals surface area contributed by atoms with Crippen molar-refractivity contribution in [3.8, 4) is 5.75 Å². The van der Waals surface area contributed by atoms with Crippen LogP contribution in [0.15, 0.2) is 24.3 Å². The maximum absolute atomic E-state index is 12.0. The maximum Gasteiger partial charge on any atom is 0.342 e. The second-order valence-corrected chi connectivity index (χ2v) is 4.43. The van der Waals surface area contributed by atoms with Crippen LogP contribution in [0.3, 0.4) is 0 Å². The van der Waals surface area contributed by atoms with E-state index in [1.54, 1.807) is 13.8 Å². The number of phenolic OH excluding ortho intramolecular Hbond substituents is 1. The lowest BCUT2D eigenvalue weighted by molar-refractivity contribution is -0.343. The monoisotopic (exact) mass is 282 g/mol. The molecule has 0 aliphatic heterocycles. The molecular formula is C15H22O5. The van der Waals surface area contributed by atoms with Crippen molar-refractivity contribution in [1.29, 1.82) is 0 Å². The van der Waals surface area contributed by atoms with Gasteiger partial charge in [0.1, 0.15) is 5.75 Å². The number of unbranched alkanes of at least 4 members (excludes halogenated alkanes) is 1. The van der Waals surface area contributed by atoms with Crippen LogP contribution in [0, 0.1) is 0 Å². The molecule has 1 N–H and O–H groups in total. The number of benzene rings is 1. The molecule has 0 aliphatic rings. The highest BCUT2D eigenvalue weighted by Crippen LogP contribution is 2.19. The third kappa shape index (κ3) is 5.19. The van der Waals surface area contributed by atoms with E-state index in [2.05, 4.69) is 0 Å². The zero-order chi connectivity index (χ0) is 15.0. The van der Waals surface area contributed by atoms with Gasteiger partial charge in [0.25, 0.3) is 0 Å². The lowest BCUT2D eigenvalue weighted by Gasteiger charge is -2.28. The molecule has 5 nitrogen and oxygen atoms in total. The fourth-order valence-corrected chi connectivity index (χ4v) is 1.59. The van der Waals surface area contributed by atoms with Crippen molar-refractivity contribution in [2.45, 2.75) is 39.6 Å². The van der Waals surface area contributed by atoms with E-state index in [-0.39, 0.29) is 5.75 Å². The highest BCUT2D eigenvalue weighted by Gasteiger charge is 2.31. The SMILES string of the molecule is CCCCOC(C)(OCC)OC(=O)c1ccc(O)cc1. The summed E-state index contributed by atoms with van der Waals surface area (Å²) >= 11 is 0. The summed E-state index contributed by atoms with van der Waals surface area (Å²) in [6, 6.07) is 5.81. The molecule has 1 atom stereocenters. The number of hydrogen-bond acceptors (Lipinski definition) is 5. The van der Waals surface area contributed by atoms with Crippen LogP contribution in [0.1, 0.15) is 44.0 Å². The number of carbonyl (C=O) groups is 1. The van der Waals surface area contributed by atoms with E-state index in [0.717, 1.165) is 12.8 Å². The van der Waals surface area contributed by atoms with E-state index >= 15 is 0 Å². The van der Waals surface area contributed by atoms with Crippen LogP contribution in [0.5, 0.6) is 5.75 Å². The fourth-order valence-electron chi connectivity index (χ4n) is 1.59. The number of esters is 1. The Morgan fingerprint density at radius 2 is 1.85 bits per heavy atom. The van der Waals surface area contributed by atoms with Gasteiger partial charge in [-0.25, -0.2) is 4.79 Å². The fraction of sp³-hybridized carbons (Fsp3) is 0.533. The van der Waals surface area contributed by atoms with E-state index in [1.165, 1.54) is 24.3 Å². The maximum atomic E-state index is 12.0. The van der Waals surface area contributed by atoms with Crippen molar-refractivity contribution in [1.82, 2.24) is 0 Å². The van der Waals surface area contributed by atoms with E-state index in [1.807, 2.05) is 6.92 Å². The van der Waals surface area contributed by atoms with Gasteiger partial charge in [0.05, 0.1) is 18.8 Å². The van der Waals surface area contributed by atoms with Gasteiger partial charge in [0.15, 0.2) is 0 Å². The molecule has 0 spiro atoms. The summed E-state index contributed by atoms with van der Waals surface area (Å²) < 4.78 is 16.2. The number of ether oxygens (including phenoxy) is 3. The summed E-state index contributed by atoms with van der Waals surface area (Å²) in [7, 11) is 0. The summed E-state index contributed by atoms with van der Waals surface area (Å²) in [5, 5.41) is 9.20. The number of hydrogen-bond donors (Lipinski definition) is 1. The first-order chi connectivity index (χ1) is 9.50.